The zero-order valence-corrected chi connectivity index (χ0v) is 19.8. The van der Waals surface area contributed by atoms with Gasteiger partial charge in [-0.1, -0.05) is 12.1 Å². The average molecular weight is 473 g/mol. The molecule has 0 fully saturated rings. The molecular weight excluding hydrogens is 444 g/mol. The number of benzene rings is 2. The smallest absolute Gasteiger partial charge is 0.384 e. The second-order valence-corrected chi connectivity index (χ2v) is 9.12. The third-order valence-electron chi connectivity index (χ3n) is 4.84. The number of anilines is 3. The number of hydrogen-bond donors (Lipinski definition) is 3. The molecule has 3 rings (SSSR count). The van der Waals surface area contributed by atoms with Gasteiger partial charge in [0.2, 0.25) is 5.95 Å². The number of nitrogen functional groups attached to an aromatic ring is 2. The van der Waals surface area contributed by atoms with Crippen LogP contribution < -0.4 is 25.7 Å². The molecule has 2 aromatic carbocycles. The molecule has 0 spiro atoms. The van der Waals surface area contributed by atoms with Crippen molar-refractivity contribution in [1.82, 2.24) is 14.3 Å². The molecule has 10 nitrogen and oxygen atoms in total. The highest BCUT2D eigenvalue weighted by Crippen LogP contribution is 2.41. The highest BCUT2D eigenvalue weighted by molar-refractivity contribution is 7.84. The molecule has 0 unspecified atom stereocenters. The summed E-state index contributed by atoms with van der Waals surface area (Å²) in [5.74, 6) is 0.936. The third-order valence-corrected chi connectivity index (χ3v) is 6.13. The van der Waals surface area contributed by atoms with Crippen LogP contribution in [0.2, 0.25) is 0 Å². The molecule has 1 heterocycles. The van der Waals surface area contributed by atoms with Crippen LogP contribution >= 0.6 is 0 Å². The quantitative estimate of drug-likeness (QED) is 0.427. The second kappa shape index (κ2) is 9.92. The van der Waals surface area contributed by atoms with Crippen molar-refractivity contribution in [2.45, 2.75) is 13.3 Å². The molecule has 0 radical (unpaired) electrons. The van der Waals surface area contributed by atoms with E-state index < -0.39 is 10.3 Å². The largest absolute Gasteiger partial charge is 0.493 e. The maximum Gasteiger partial charge on any atom is 0.384 e. The summed E-state index contributed by atoms with van der Waals surface area (Å²) >= 11 is 0. The molecule has 0 aliphatic heterocycles. The zero-order chi connectivity index (χ0) is 24.2. The molecular formula is C22H28N6O4S. The van der Waals surface area contributed by atoms with Gasteiger partial charge in [-0.05, 0) is 42.3 Å². The minimum Gasteiger partial charge on any atom is -0.493 e. The molecule has 0 saturated heterocycles. The first kappa shape index (κ1) is 24.1. The molecule has 5 N–H and O–H groups in total. The highest BCUT2D eigenvalue weighted by atomic mass is 32.2. The maximum atomic E-state index is 12.6. The van der Waals surface area contributed by atoms with E-state index in [9.17, 15) is 8.42 Å². The van der Waals surface area contributed by atoms with Gasteiger partial charge >= 0.3 is 10.3 Å². The Kier molecular flexibility index (Phi) is 7.24. The fourth-order valence-corrected chi connectivity index (χ4v) is 3.66. The van der Waals surface area contributed by atoms with E-state index in [-0.39, 0.29) is 17.5 Å². The van der Waals surface area contributed by atoms with Crippen LogP contribution in [0.3, 0.4) is 0 Å². The Morgan fingerprint density at radius 1 is 1.09 bits per heavy atom. The fourth-order valence-electron chi connectivity index (χ4n) is 3.15. The van der Waals surface area contributed by atoms with E-state index in [1.807, 2.05) is 44.3 Å². The number of hydrogen-bond acceptors (Lipinski definition) is 9. The van der Waals surface area contributed by atoms with Gasteiger partial charge < -0.3 is 25.7 Å². The van der Waals surface area contributed by atoms with E-state index >= 15 is 0 Å². The van der Waals surface area contributed by atoms with Gasteiger partial charge in [0.05, 0.1) is 12.2 Å². The Morgan fingerprint density at radius 3 is 2.33 bits per heavy atom. The Bertz CT molecular complexity index is 1230. The Morgan fingerprint density at radius 2 is 1.76 bits per heavy atom. The van der Waals surface area contributed by atoms with E-state index in [0.29, 0.717) is 35.5 Å². The van der Waals surface area contributed by atoms with Crippen molar-refractivity contribution >= 4 is 27.8 Å². The van der Waals surface area contributed by atoms with E-state index in [1.54, 1.807) is 12.3 Å². The van der Waals surface area contributed by atoms with Crippen molar-refractivity contribution in [3.05, 3.63) is 53.7 Å². The Labute approximate surface area is 193 Å². The molecule has 33 heavy (non-hydrogen) atoms. The van der Waals surface area contributed by atoms with Crippen LogP contribution in [0.4, 0.5) is 17.5 Å². The third kappa shape index (κ3) is 5.62. The Balaban J connectivity index is 2.18. The number of aromatic nitrogens is 2. The van der Waals surface area contributed by atoms with Crippen molar-refractivity contribution < 1.29 is 17.3 Å². The summed E-state index contributed by atoms with van der Waals surface area (Å²) in [5.41, 5.74) is 15.1. The number of nitrogens with one attached hydrogen (secondary N) is 1. The lowest BCUT2D eigenvalue weighted by atomic mass is 9.98. The summed E-state index contributed by atoms with van der Waals surface area (Å²) < 4.78 is 37.7. The van der Waals surface area contributed by atoms with Crippen LogP contribution in [0, 0.1) is 0 Å². The van der Waals surface area contributed by atoms with Crippen LogP contribution in [0.25, 0.3) is 11.1 Å². The second-order valence-electron chi connectivity index (χ2n) is 7.37. The minimum absolute atomic E-state index is 0.0766. The van der Waals surface area contributed by atoms with Crippen molar-refractivity contribution in [3.8, 4) is 22.6 Å². The standard InChI is InChI=1S/C22H28N6O4S/c1-5-31-18-11-14(10-16-13-26-22(24)27-21(16)23)12-19(32-33(29,30)28(3)4)20(18)15-6-8-17(25-2)9-7-15/h6-9,11-13,25H,5,10H2,1-4H3,(H4,23,24,26,27). The SMILES string of the molecule is CCOc1cc(Cc2cnc(N)nc2N)cc(OS(=O)(=O)N(C)C)c1-c1ccc(NC)cc1. The first-order valence-corrected chi connectivity index (χ1v) is 11.6. The molecule has 0 amide bonds. The van der Waals surface area contributed by atoms with E-state index in [0.717, 1.165) is 15.6 Å². The average Bonchev–Trinajstić information content (AvgIpc) is 2.76. The van der Waals surface area contributed by atoms with Gasteiger partial charge in [0, 0.05) is 45.0 Å². The van der Waals surface area contributed by atoms with Crippen molar-refractivity contribution in [3.63, 3.8) is 0 Å². The number of ether oxygens (including phenoxy) is 1. The first-order chi connectivity index (χ1) is 15.6. The summed E-state index contributed by atoms with van der Waals surface area (Å²) in [6.45, 7) is 2.22. The van der Waals surface area contributed by atoms with Gasteiger partial charge in [-0.2, -0.15) is 17.7 Å². The van der Waals surface area contributed by atoms with Crippen LogP contribution in [0.1, 0.15) is 18.1 Å². The van der Waals surface area contributed by atoms with Crippen molar-refractivity contribution in [2.24, 2.45) is 0 Å². The lowest BCUT2D eigenvalue weighted by Crippen LogP contribution is -2.27. The molecule has 0 aliphatic carbocycles. The molecule has 3 aromatic rings. The van der Waals surface area contributed by atoms with Crippen molar-refractivity contribution in [1.29, 1.82) is 0 Å². The predicted octanol–water partition coefficient (Wildman–Crippen LogP) is 2.52. The lowest BCUT2D eigenvalue weighted by molar-refractivity contribution is 0.340. The lowest BCUT2D eigenvalue weighted by Gasteiger charge is -2.20. The fraction of sp³-hybridized carbons (Fsp3) is 0.273. The molecule has 0 bridgehead atoms. The number of nitrogens with two attached hydrogens (primary N) is 2. The molecule has 11 heteroatoms. The van der Waals surface area contributed by atoms with E-state index in [1.165, 1.54) is 14.1 Å². The van der Waals surface area contributed by atoms with E-state index in [4.69, 9.17) is 20.4 Å². The summed E-state index contributed by atoms with van der Waals surface area (Å²) in [5, 5.41) is 3.06. The van der Waals surface area contributed by atoms with Gasteiger partial charge in [-0.3, -0.25) is 0 Å². The number of rotatable bonds is 9. The van der Waals surface area contributed by atoms with Gasteiger partial charge in [-0.15, -0.1) is 0 Å². The molecule has 0 atom stereocenters. The Hall–Kier alpha value is -3.57. The first-order valence-electron chi connectivity index (χ1n) is 10.2. The normalized spacial score (nSPS) is 11.4. The van der Waals surface area contributed by atoms with Gasteiger partial charge in [0.25, 0.3) is 0 Å². The molecule has 0 aliphatic rings. The summed E-state index contributed by atoms with van der Waals surface area (Å²) in [4.78, 5) is 7.99. The van der Waals surface area contributed by atoms with Gasteiger partial charge in [-0.25, -0.2) is 4.98 Å². The molecule has 1 aromatic heterocycles. The van der Waals surface area contributed by atoms with Crippen LogP contribution in [-0.4, -0.2) is 50.4 Å². The highest BCUT2D eigenvalue weighted by Gasteiger charge is 2.23. The van der Waals surface area contributed by atoms with Gasteiger partial charge in [0.1, 0.15) is 11.6 Å². The minimum atomic E-state index is -4.03. The molecule has 0 saturated carbocycles. The predicted molar refractivity (Wildman–Crippen MR) is 129 cm³/mol. The van der Waals surface area contributed by atoms with E-state index in [2.05, 4.69) is 15.3 Å². The topological polar surface area (TPSA) is 146 Å². The van der Waals surface area contributed by atoms with Crippen LogP contribution in [0.5, 0.6) is 11.5 Å². The number of nitrogens with zero attached hydrogens (tertiary/aromatic N) is 3. The zero-order valence-electron chi connectivity index (χ0n) is 19.0. The van der Waals surface area contributed by atoms with Crippen LogP contribution in [-0.2, 0) is 16.7 Å². The maximum absolute atomic E-state index is 12.6. The van der Waals surface area contributed by atoms with Crippen LogP contribution in [0.15, 0.2) is 42.6 Å². The summed E-state index contributed by atoms with van der Waals surface area (Å²) in [6.07, 6.45) is 1.86. The molecule has 176 valence electrons. The monoisotopic (exact) mass is 472 g/mol. The summed E-state index contributed by atoms with van der Waals surface area (Å²) in [7, 11) is 0.588. The van der Waals surface area contributed by atoms with Crippen molar-refractivity contribution in [2.75, 3.05) is 44.5 Å². The van der Waals surface area contributed by atoms with Gasteiger partial charge in [0.15, 0.2) is 5.75 Å². The summed E-state index contributed by atoms with van der Waals surface area (Å²) in [6, 6.07) is 11.0.